The molecule has 0 radical (unpaired) electrons. The van der Waals surface area contributed by atoms with Gasteiger partial charge in [0.05, 0.1) is 6.04 Å². The van der Waals surface area contributed by atoms with E-state index >= 15 is 0 Å². The van der Waals surface area contributed by atoms with Crippen LogP contribution in [-0.2, 0) is 0 Å². The van der Waals surface area contributed by atoms with Crippen LogP contribution in [0.1, 0.15) is 155 Å². The van der Waals surface area contributed by atoms with E-state index in [1.54, 1.807) is 16.7 Å². The normalized spacial score (nSPS) is 13.0. The topological polar surface area (TPSA) is 45.4 Å². The van der Waals surface area contributed by atoms with Crippen molar-refractivity contribution in [2.24, 2.45) is 0 Å². The van der Waals surface area contributed by atoms with Crippen LogP contribution in [0.3, 0.4) is 0 Å². The molecule has 3 nitrogen and oxygen atoms in total. The number of rotatable bonds is 22. The fourth-order valence-electron chi connectivity index (χ4n) is 4.88. The summed E-state index contributed by atoms with van der Waals surface area (Å²) in [5.74, 6) is 0.322. The maximum absolute atomic E-state index is 10.2. The molecule has 0 bridgehead atoms. The summed E-state index contributed by atoms with van der Waals surface area (Å²) in [5, 5.41) is 20.4. The van der Waals surface area contributed by atoms with Gasteiger partial charge in [0.15, 0.2) is 11.8 Å². The van der Waals surface area contributed by atoms with Crippen LogP contribution in [0.4, 0.5) is 0 Å². The van der Waals surface area contributed by atoms with Crippen LogP contribution in [0, 0.1) is 0 Å². The predicted molar refractivity (Wildman–Crippen MR) is 144 cm³/mol. The van der Waals surface area contributed by atoms with Crippen molar-refractivity contribution in [2.75, 3.05) is 0 Å². The molecule has 0 aliphatic rings. The predicted octanol–water partition coefficient (Wildman–Crippen LogP) is 10.2. The third-order valence-electron chi connectivity index (χ3n) is 7.05. The number of hydrogen-bond donors (Lipinski definition) is 2. The summed E-state index contributed by atoms with van der Waals surface area (Å²) in [5.41, 5.74) is 1.25. The molecule has 0 aliphatic heterocycles. The van der Waals surface area contributed by atoms with Crippen LogP contribution in [-0.4, -0.2) is 14.8 Å². The van der Waals surface area contributed by atoms with Gasteiger partial charge in [0.25, 0.3) is 0 Å². The molecule has 0 aromatic carbocycles. The second kappa shape index (κ2) is 20.0. The van der Waals surface area contributed by atoms with E-state index < -0.39 is 0 Å². The second-order valence-electron chi connectivity index (χ2n) is 10.1. The van der Waals surface area contributed by atoms with Gasteiger partial charge >= 0.3 is 0 Å². The van der Waals surface area contributed by atoms with Gasteiger partial charge in [-0.3, -0.25) is 4.57 Å². The Balaban J connectivity index is 2.07. The van der Waals surface area contributed by atoms with Crippen molar-refractivity contribution in [3.8, 4) is 11.8 Å². The Labute approximate surface area is 205 Å². The first-order chi connectivity index (χ1) is 16.1. The number of aromatic nitrogens is 1. The summed E-state index contributed by atoms with van der Waals surface area (Å²) >= 11 is 0. The van der Waals surface area contributed by atoms with E-state index in [9.17, 15) is 10.2 Å². The SMILES string of the molecule is CCCC=C(C)C(CCCCCCCCCCCCCCCCCCC)n1c(O)ccc1O. The maximum atomic E-state index is 10.2. The summed E-state index contributed by atoms with van der Waals surface area (Å²) in [6.45, 7) is 6.60. The van der Waals surface area contributed by atoms with E-state index in [1.807, 2.05) is 0 Å². The molecule has 1 heterocycles. The van der Waals surface area contributed by atoms with Crippen LogP contribution in [0.15, 0.2) is 23.8 Å². The molecular formula is C30H55NO2. The standard InChI is InChI=1S/C30H55NO2/c1-4-6-8-9-10-11-12-13-14-15-16-17-18-19-20-21-22-24-28(27(3)23-7-5-2)31-29(32)25-26-30(31)33/h23,25-26,28,32-33H,4-22,24H2,1-3H3. The van der Waals surface area contributed by atoms with Crippen LogP contribution in [0.25, 0.3) is 0 Å². The van der Waals surface area contributed by atoms with E-state index in [4.69, 9.17) is 0 Å². The van der Waals surface area contributed by atoms with E-state index in [0.29, 0.717) is 0 Å². The molecule has 33 heavy (non-hydrogen) atoms. The smallest absolute Gasteiger partial charge is 0.194 e. The summed E-state index contributed by atoms with van der Waals surface area (Å²) in [4.78, 5) is 0. The molecule has 0 spiro atoms. The molecule has 1 unspecified atom stereocenters. The minimum Gasteiger partial charge on any atom is -0.494 e. The third kappa shape index (κ3) is 13.8. The zero-order valence-corrected chi connectivity index (χ0v) is 22.3. The lowest BCUT2D eigenvalue weighted by Gasteiger charge is -2.22. The van der Waals surface area contributed by atoms with Gasteiger partial charge in [-0.15, -0.1) is 0 Å². The monoisotopic (exact) mass is 461 g/mol. The van der Waals surface area contributed by atoms with Gasteiger partial charge in [0.2, 0.25) is 0 Å². The largest absolute Gasteiger partial charge is 0.494 e. The zero-order valence-electron chi connectivity index (χ0n) is 22.3. The van der Waals surface area contributed by atoms with Crippen LogP contribution < -0.4 is 0 Å². The number of aromatic hydroxyl groups is 2. The van der Waals surface area contributed by atoms with Crippen LogP contribution in [0.2, 0.25) is 0 Å². The molecule has 0 saturated carbocycles. The molecule has 0 amide bonds. The Morgan fingerprint density at radius 1 is 0.667 bits per heavy atom. The molecule has 3 heteroatoms. The fraction of sp³-hybridized carbons (Fsp3) is 0.800. The second-order valence-corrected chi connectivity index (χ2v) is 10.1. The molecule has 0 fully saturated rings. The number of hydrogen-bond acceptors (Lipinski definition) is 2. The number of nitrogens with zero attached hydrogens (tertiary/aromatic N) is 1. The van der Waals surface area contributed by atoms with Crippen molar-refractivity contribution >= 4 is 0 Å². The highest BCUT2D eigenvalue weighted by molar-refractivity contribution is 5.28. The summed E-state index contributed by atoms with van der Waals surface area (Å²) in [6.07, 6.45) is 28.9. The Bertz CT molecular complexity index is 585. The first kappa shape index (κ1) is 29.7. The molecule has 1 aromatic heterocycles. The Hall–Kier alpha value is -1.38. The fourth-order valence-corrected chi connectivity index (χ4v) is 4.88. The Morgan fingerprint density at radius 2 is 1.06 bits per heavy atom. The van der Waals surface area contributed by atoms with Crippen molar-refractivity contribution in [1.82, 2.24) is 4.57 Å². The highest BCUT2D eigenvalue weighted by Gasteiger charge is 2.18. The average molecular weight is 462 g/mol. The average Bonchev–Trinajstić information content (AvgIpc) is 3.14. The van der Waals surface area contributed by atoms with Crippen molar-refractivity contribution in [1.29, 1.82) is 0 Å². The van der Waals surface area contributed by atoms with E-state index in [1.165, 1.54) is 108 Å². The van der Waals surface area contributed by atoms with E-state index in [2.05, 4.69) is 26.8 Å². The lowest BCUT2D eigenvalue weighted by atomic mass is 9.98. The van der Waals surface area contributed by atoms with Gasteiger partial charge in [-0.25, -0.2) is 0 Å². The summed E-state index contributed by atoms with van der Waals surface area (Å²) < 4.78 is 1.69. The van der Waals surface area contributed by atoms with E-state index in [-0.39, 0.29) is 17.8 Å². The molecule has 0 saturated heterocycles. The lowest BCUT2D eigenvalue weighted by molar-refractivity contribution is 0.336. The van der Waals surface area contributed by atoms with Crippen molar-refractivity contribution in [3.63, 3.8) is 0 Å². The number of allylic oxidation sites excluding steroid dienone is 2. The first-order valence-corrected chi connectivity index (χ1v) is 14.4. The summed E-state index contributed by atoms with van der Waals surface area (Å²) in [7, 11) is 0. The van der Waals surface area contributed by atoms with Crippen molar-refractivity contribution < 1.29 is 10.2 Å². The van der Waals surface area contributed by atoms with Gasteiger partial charge < -0.3 is 10.2 Å². The molecule has 1 atom stereocenters. The first-order valence-electron chi connectivity index (χ1n) is 14.4. The van der Waals surface area contributed by atoms with Crippen molar-refractivity contribution in [2.45, 2.75) is 155 Å². The Kier molecular flexibility index (Phi) is 18.0. The van der Waals surface area contributed by atoms with Gasteiger partial charge in [-0.1, -0.05) is 141 Å². The highest BCUT2D eigenvalue weighted by Crippen LogP contribution is 2.34. The lowest BCUT2D eigenvalue weighted by Crippen LogP contribution is -2.10. The molecule has 2 N–H and O–H groups in total. The molecule has 1 aromatic rings. The quantitative estimate of drug-likeness (QED) is 0.133. The minimum atomic E-state index is 0.0582. The van der Waals surface area contributed by atoms with Crippen LogP contribution in [0.5, 0.6) is 11.8 Å². The summed E-state index contributed by atoms with van der Waals surface area (Å²) in [6, 6.07) is 3.23. The molecule has 192 valence electrons. The van der Waals surface area contributed by atoms with Gasteiger partial charge in [0, 0.05) is 12.1 Å². The maximum Gasteiger partial charge on any atom is 0.194 e. The van der Waals surface area contributed by atoms with Gasteiger partial charge in [0.1, 0.15) is 0 Å². The Morgan fingerprint density at radius 3 is 1.45 bits per heavy atom. The zero-order chi connectivity index (χ0) is 24.2. The molecule has 1 rings (SSSR count). The van der Waals surface area contributed by atoms with Gasteiger partial charge in [-0.2, -0.15) is 0 Å². The molecular weight excluding hydrogens is 406 g/mol. The minimum absolute atomic E-state index is 0.0582. The van der Waals surface area contributed by atoms with Crippen LogP contribution >= 0.6 is 0 Å². The number of unbranched alkanes of at least 4 members (excludes halogenated alkanes) is 17. The third-order valence-corrected chi connectivity index (χ3v) is 7.05. The van der Waals surface area contributed by atoms with E-state index in [0.717, 1.165) is 25.7 Å². The van der Waals surface area contributed by atoms with Gasteiger partial charge in [-0.05, 0) is 19.8 Å². The highest BCUT2D eigenvalue weighted by atomic mass is 16.3. The molecule has 0 aliphatic carbocycles. The van der Waals surface area contributed by atoms with Crippen molar-refractivity contribution in [3.05, 3.63) is 23.8 Å².